The maximum atomic E-state index is 12.4. The van der Waals surface area contributed by atoms with E-state index in [9.17, 15) is 4.79 Å². The van der Waals surface area contributed by atoms with Gasteiger partial charge >= 0.3 is 0 Å². The number of allylic oxidation sites excluding steroid dienone is 1. The van der Waals surface area contributed by atoms with Crippen LogP contribution in [-0.4, -0.2) is 55.0 Å². The Kier molecular flexibility index (Phi) is 5.47. The molecule has 1 fully saturated rings. The van der Waals surface area contributed by atoms with E-state index in [1.54, 1.807) is 0 Å². The Hall–Kier alpha value is -1.65. The van der Waals surface area contributed by atoms with Gasteiger partial charge in [0.15, 0.2) is 0 Å². The Morgan fingerprint density at radius 2 is 2.04 bits per heavy atom. The van der Waals surface area contributed by atoms with E-state index in [1.165, 1.54) is 5.56 Å². The van der Waals surface area contributed by atoms with Crippen LogP contribution in [-0.2, 0) is 6.54 Å². The molecule has 0 spiro atoms. The second-order valence-corrected chi connectivity index (χ2v) is 6.73. The molecule has 1 heterocycles. The average Bonchev–Trinajstić information content (AvgIpc) is 2.58. The lowest BCUT2D eigenvalue weighted by Gasteiger charge is -2.32. The molecule has 1 amide bonds. The van der Waals surface area contributed by atoms with Gasteiger partial charge in [-0.05, 0) is 44.0 Å². The second-order valence-electron chi connectivity index (χ2n) is 6.73. The molecular formula is C19H27N3O. The fourth-order valence-electron chi connectivity index (χ4n) is 3.27. The van der Waals surface area contributed by atoms with Crippen molar-refractivity contribution in [3.8, 4) is 0 Å². The number of likely N-dealkylation sites (N-methyl/N-ethyl adjacent to an activating group) is 1. The summed E-state index contributed by atoms with van der Waals surface area (Å²) in [4.78, 5) is 17.3. The largest absolute Gasteiger partial charge is 0.349 e. The van der Waals surface area contributed by atoms with Crippen LogP contribution in [0, 0.1) is 0 Å². The van der Waals surface area contributed by atoms with Gasteiger partial charge < -0.3 is 10.2 Å². The minimum atomic E-state index is 0.0607. The Labute approximate surface area is 139 Å². The molecule has 1 aromatic carbocycles. The van der Waals surface area contributed by atoms with Gasteiger partial charge in [0.2, 0.25) is 0 Å². The number of nitrogens with one attached hydrogen (secondary N) is 1. The van der Waals surface area contributed by atoms with Crippen molar-refractivity contribution in [1.82, 2.24) is 15.1 Å². The second kappa shape index (κ2) is 7.75. The molecule has 1 aliphatic heterocycles. The zero-order valence-corrected chi connectivity index (χ0v) is 14.0. The van der Waals surface area contributed by atoms with Crippen molar-refractivity contribution >= 4 is 5.91 Å². The summed E-state index contributed by atoms with van der Waals surface area (Å²) in [6.07, 6.45) is 7.42. The third-order valence-corrected chi connectivity index (χ3v) is 4.80. The minimum absolute atomic E-state index is 0.0607. The first-order chi connectivity index (χ1) is 11.2. The highest BCUT2D eigenvalue weighted by molar-refractivity contribution is 5.94. The first-order valence-corrected chi connectivity index (χ1v) is 8.66. The summed E-state index contributed by atoms with van der Waals surface area (Å²) in [5, 5.41) is 3.16. The molecule has 1 atom stereocenters. The lowest BCUT2D eigenvalue weighted by Crippen LogP contribution is -2.43. The van der Waals surface area contributed by atoms with E-state index in [-0.39, 0.29) is 11.9 Å². The highest BCUT2D eigenvalue weighted by Crippen LogP contribution is 2.13. The number of benzene rings is 1. The Bertz CT molecular complexity index is 561. The van der Waals surface area contributed by atoms with Gasteiger partial charge in [-0.3, -0.25) is 9.69 Å². The molecule has 124 valence electrons. The molecule has 0 bridgehead atoms. The van der Waals surface area contributed by atoms with Crippen LogP contribution in [0.4, 0.5) is 0 Å². The summed E-state index contributed by atoms with van der Waals surface area (Å²) in [7, 11) is 2.17. The van der Waals surface area contributed by atoms with E-state index < -0.39 is 0 Å². The molecule has 0 aromatic heterocycles. The molecule has 1 aromatic rings. The van der Waals surface area contributed by atoms with Crippen LogP contribution in [0.3, 0.4) is 0 Å². The molecule has 3 rings (SSSR count). The topological polar surface area (TPSA) is 35.6 Å². The Morgan fingerprint density at radius 3 is 2.78 bits per heavy atom. The van der Waals surface area contributed by atoms with E-state index in [0.717, 1.165) is 57.5 Å². The minimum Gasteiger partial charge on any atom is -0.349 e. The van der Waals surface area contributed by atoms with Crippen molar-refractivity contribution in [3.63, 3.8) is 0 Å². The van der Waals surface area contributed by atoms with Gasteiger partial charge in [0.1, 0.15) is 0 Å². The fourth-order valence-corrected chi connectivity index (χ4v) is 3.27. The average molecular weight is 313 g/mol. The van der Waals surface area contributed by atoms with Crippen molar-refractivity contribution in [3.05, 3.63) is 47.5 Å². The van der Waals surface area contributed by atoms with Gasteiger partial charge in [-0.2, -0.15) is 0 Å². The van der Waals surface area contributed by atoms with Crippen LogP contribution >= 0.6 is 0 Å². The number of hydrogen-bond acceptors (Lipinski definition) is 3. The quantitative estimate of drug-likeness (QED) is 0.866. The summed E-state index contributed by atoms with van der Waals surface area (Å²) in [6.45, 7) is 5.37. The summed E-state index contributed by atoms with van der Waals surface area (Å²) in [5.74, 6) is 0.0607. The van der Waals surface area contributed by atoms with E-state index in [4.69, 9.17) is 0 Å². The van der Waals surface area contributed by atoms with E-state index in [1.807, 2.05) is 18.2 Å². The number of rotatable bonds is 4. The van der Waals surface area contributed by atoms with Gasteiger partial charge in [0.25, 0.3) is 5.91 Å². The van der Waals surface area contributed by atoms with Gasteiger partial charge in [-0.15, -0.1) is 0 Å². The number of amides is 1. The standard InChI is InChI=1S/C19H27N3O/c1-21-10-12-22(13-11-21)15-16-6-5-7-17(14-16)19(23)20-18-8-3-2-4-9-18/h2-3,5-7,14,18H,4,8-13,15H2,1H3,(H,20,23). The molecular weight excluding hydrogens is 286 g/mol. The molecule has 1 N–H and O–H groups in total. The third kappa shape index (κ3) is 4.66. The summed E-state index contributed by atoms with van der Waals surface area (Å²) in [6, 6.07) is 8.38. The van der Waals surface area contributed by atoms with Crippen LogP contribution < -0.4 is 5.32 Å². The molecule has 0 saturated carbocycles. The number of nitrogens with zero attached hydrogens (tertiary/aromatic N) is 2. The highest BCUT2D eigenvalue weighted by atomic mass is 16.1. The van der Waals surface area contributed by atoms with E-state index in [2.05, 4.69) is 40.4 Å². The van der Waals surface area contributed by atoms with Crippen molar-refractivity contribution in [2.45, 2.75) is 31.8 Å². The van der Waals surface area contributed by atoms with Crippen molar-refractivity contribution in [2.24, 2.45) is 0 Å². The molecule has 4 nitrogen and oxygen atoms in total. The van der Waals surface area contributed by atoms with Crippen LogP contribution in [0.5, 0.6) is 0 Å². The van der Waals surface area contributed by atoms with Gasteiger partial charge in [0, 0.05) is 44.3 Å². The normalized spacial score (nSPS) is 22.9. The molecule has 4 heteroatoms. The summed E-state index contributed by atoms with van der Waals surface area (Å²) < 4.78 is 0. The van der Waals surface area contributed by atoms with Crippen LogP contribution in [0.25, 0.3) is 0 Å². The monoisotopic (exact) mass is 313 g/mol. The SMILES string of the molecule is CN1CCN(Cc2cccc(C(=O)NC3CC=CCC3)c2)CC1. The van der Waals surface area contributed by atoms with Crippen molar-refractivity contribution in [2.75, 3.05) is 33.2 Å². The summed E-state index contributed by atoms with van der Waals surface area (Å²) in [5.41, 5.74) is 2.01. The number of hydrogen-bond donors (Lipinski definition) is 1. The van der Waals surface area contributed by atoms with Crippen LogP contribution in [0.2, 0.25) is 0 Å². The zero-order chi connectivity index (χ0) is 16.1. The third-order valence-electron chi connectivity index (χ3n) is 4.80. The first-order valence-electron chi connectivity index (χ1n) is 8.66. The zero-order valence-electron chi connectivity index (χ0n) is 14.0. The molecule has 1 saturated heterocycles. The number of piperazine rings is 1. The fraction of sp³-hybridized carbons (Fsp3) is 0.526. The van der Waals surface area contributed by atoms with Crippen molar-refractivity contribution in [1.29, 1.82) is 0 Å². The Morgan fingerprint density at radius 1 is 1.22 bits per heavy atom. The molecule has 1 aliphatic carbocycles. The van der Waals surface area contributed by atoms with Gasteiger partial charge in [-0.25, -0.2) is 0 Å². The predicted molar refractivity (Wildman–Crippen MR) is 93.5 cm³/mol. The maximum Gasteiger partial charge on any atom is 0.251 e. The smallest absolute Gasteiger partial charge is 0.251 e. The summed E-state index contributed by atoms with van der Waals surface area (Å²) >= 11 is 0. The first kappa shape index (κ1) is 16.2. The number of carbonyl (C=O) groups is 1. The molecule has 0 radical (unpaired) electrons. The lowest BCUT2D eigenvalue weighted by atomic mass is 10.0. The van der Waals surface area contributed by atoms with E-state index in [0.29, 0.717) is 0 Å². The van der Waals surface area contributed by atoms with Crippen molar-refractivity contribution < 1.29 is 4.79 Å². The maximum absolute atomic E-state index is 12.4. The highest BCUT2D eigenvalue weighted by Gasteiger charge is 2.16. The van der Waals surface area contributed by atoms with Crippen LogP contribution in [0.1, 0.15) is 35.2 Å². The molecule has 1 unspecified atom stereocenters. The predicted octanol–water partition coefficient (Wildman–Crippen LogP) is 2.27. The van der Waals surface area contributed by atoms with Crippen LogP contribution in [0.15, 0.2) is 36.4 Å². The lowest BCUT2D eigenvalue weighted by molar-refractivity contribution is 0.0934. The van der Waals surface area contributed by atoms with E-state index >= 15 is 0 Å². The molecule has 2 aliphatic rings. The number of carbonyl (C=O) groups excluding carboxylic acids is 1. The van der Waals surface area contributed by atoms with Gasteiger partial charge in [-0.1, -0.05) is 24.3 Å². The Balaban J connectivity index is 1.58. The van der Waals surface area contributed by atoms with Gasteiger partial charge in [0.05, 0.1) is 0 Å². The molecule has 23 heavy (non-hydrogen) atoms.